The molecule has 1 aromatic heterocycles. The summed E-state index contributed by atoms with van der Waals surface area (Å²) in [6.07, 6.45) is 6.23. The standard InChI is InChI=1S/C21H14P.C7H9.2ClH.Hf/c1-2-8-16-14-17(13-15(16)7-1)22-20-11-5-3-9-18(20)19-10-4-6-12-21(19)22;1-6-4-3-5-7(6)2;;;/h1-14H;4H,3H2,1-2H3;2*1H;/q;;;;+2/p-2. The fraction of sp³-hybridized carbons (Fsp3) is 0.143. The van der Waals surface area contributed by atoms with Crippen LogP contribution in [0.25, 0.3) is 32.4 Å². The molecule has 0 radical (unpaired) electrons. The molecule has 0 fully saturated rings. The van der Waals surface area contributed by atoms with Gasteiger partial charge in [0.25, 0.3) is 0 Å². The average molecular weight is 640 g/mol. The smallest absolute Gasteiger partial charge is 1.00 e. The van der Waals surface area contributed by atoms with Crippen molar-refractivity contribution < 1.29 is 47.7 Å². The van der Waals surface area contributed by atoms with Crippen molar-refractivity contribution in [3.63, 3.8) is 0 Å². The summed E-state index contributed by atoms with van der Waals surface area (Å²) in [4.78, 5) is 0. The molecule has 0 N–H and O–H groups in total. The van der Waals surface area contributed by atoms with Crippen molar-refractivity contribution in [1.82, 2.24) is 0 Å². The fourth-order valence-corrected chi connectivity index (χ4v) is 15.6. The van der Waals surface area contributed by atoms with Gasteiger partial charge in [-0.05, 0) is 0 Å². The zero-order chi connectivity index (χ0) is 20.2. The van der Waals surface area contributed by atoms with Crippen LogP contribution in [0.15, 0.2) is 93.3 Å². The van der Waals surface area contributed by atoms with E-state index in [4.69, 9.17) is 0 Å². The van der Waals surface area contributed by atoms with Crippen molar-refractivity contribution in [3.05, 3.63) is 104 Å². The molecule has 4 heteroatoms. The van der Waals surface area contributed by atoms with Crippen molar-refractivity contribution in [2.75, 3.05) is 0 Å². The average Bonchev–Trinajstić information content (AvgIpc) is 3.41. The maximum Gasteiger partial charge on any atom is -1.00 e. The Morgan fingerprint density at radius 3 is 2.00 bits per heavy atom. The van der Waals surface area contributed by atoms with Crippen molar-refractivity contribution in [2.45, 2.75) is 23.9 Å². The maximum atomic E-state index is 2.57. The van der Waals surface area contributed by atoms with Gasteiger partial charge in [-0.25, -0.2) is 0 Å². The van der Waals surface area contributed by atoms with Crippen molar-refractivity contribution >= 4 is 39.9 Å². The van der Waals surface area contributed by atoms with E-state index in [-0.39, 0.29) is 24.8 Å². The molecular formula is C28H23Cl2HfP. The Morgan fingerprint density at radius 1 is 0.781 bits per heavy atom. The van der Waals surface area contributed by atoms with E-state index in [0.717, 1.165) is 0 Å². The molecule has 2 aliphatic rings. The van der Waals surface area contributed by atoms with Crippen LogP contribution in [-0.2, 0) is 22.9 Å². The van der Waals surface area contributed by atoms with E-state index in [9.17, 15) is 0 Å². The zero-order valence-electron chi connectivity index (χ0n) is 18.1. The second-order valence-electron chi connectivity index (χ2n) is 8.34. The molecular weight excluding hydrogens is 617 g/mol. The van der Waals surface area contributed by atoms with E-state index in [1.54, 1.807) is 26.7 Å². The Kier molecular flexibility index (Phi) is 7.04. The molecule has 6 rings (SSSR count). The van der Waals surface area contributed by atoms with E-state index in [1.165, 1.54) is 28.3 Å². The van der Waals surface area contributed by atoms with Crippen LogP contribution in [0, 0.1) is 0 Å². The van der Waals surface area contributed by atoms with E-state index >= 15 is 0 Å². The van der Waals surface area contributed by atoms with Gasteiger partial charge < -0.3 is 24.8 Å². The van der Waals surface area contributed by atoms with Crippen molar-refractivity contribution in [3.8, 4) is 0 Å². The van der Waals surface area contributed by atoms with Crippen molar-refractivity contribution in [2.24, 2.45) is 0 Å². The van der Waals surface area contributed by atoms with E-state index in [1.807, 2.05) is 3.33 Å². The summed E-state index contributed by atoms with van der Waals surface area (Å²) >= 11 is -1.06. The van der Waals surface area contributed by atoms with E-state index < -0.39 is 30.4 Å². The van der Waals surface area contributed by atoms with Crippen LogP contribution in [0.3, 0.4) is 0 Å². The zero-order valence-corrected chi connectivity index (χ0v) is 24.1. The molecule has 0 nitrogen and oxygen atoms in total. The monoisotopic (exact) mass is 640 g/mol. The molecule has 0 aliphatic heterocycles. The third-order valence-corrected chi connectivity index (χ3v) is 16.8. The van der Waals surface area contributed by atoms with Gasteiger partial charge in [-0.2, -0.15) is 0 Å². The molecule has 3 aromatic carbocycles. The molecule has 32 heavy (non-hydrogen) atoms. The normalized spacial score (nSPS) is 16.9. The Morgan fingerprint density at radius 2 is 1.38 bits per heavy atom. The number of rotatable bonds is 3. The topological polar surface area (TPSA) is 0 Å². The van der Waals surface area contributed by atoms with Gasteiger partial charge in [0, 0.05) is 0 Å². The summed E-state index contributed by atoms with van der Waals surface area (Å²) < 4.78 is 2.49. The van der Waals surface area contributed by atoms with Gasteiger partial charge in [0.1, 0.15) is 0 Å². The van der Waals surface area contributed by atoms with Crippen molar-refractivity contribution in [1.29, 1.82) is 0 Å². The van der Waals surface area contributed by atoms with Crippen LogP contribution in [0.1, 0.15) is 35.1 Å². The second-order valence-corrected chi connectivity index (χ2v) is 15.8. The molecule has 1 unspecified atom stereocenters. The second kappa shape index (κ2) is 9.47. The van der Waals surface area contributed by atoms with Gasteiger partial charge in [-0.1, -0.05) is 0 Å². The molecule has 1 heterocycles. The largest absolute Gasteiger partial charge is 1.00 e. The van der Waals surface area contributed by atoms with E-state index in [2.05, 4.69) is 98.8 Å². The van der Waals surface area contributed by atoms with Crippen LogP contribution < -0.4 is 24.8 Å². The first-order valence-corrected chi connectivity index (χ1v) is 15.9. The van der Waals surface area contributed by atoms with Crippen LogP contribution >= 0.6 is 7.53 Å². The SMILES string of the molecule is CC1=CC[C]([Hf+2][CH]2C(p3c4ccccc4c4ccccc43)=Cc3ccccc32)=C1C.[Cl-].[Cl-]. The van der Waals surface area contributed by atoms with Gasteiger partial charge in [-0.15, -0.1) is 0 Å². The number of fused-ring (bicyclic) bond motifs is 4. The van der Waals surface area contributed by atoms with Gasteiger partial charge in [0.05, 0.1) is 0 Å². The molecule has 0 saturated heterocycles. The Hall–Kier alpha value is -1.37. The molecule has 0 spiro atoms. The van der Waals surface area contributed by atoms with Crippen LogP contribution in [-0.4, -0.2) is 0 Å². The van der Waals surface area contributed by atoms with Gasteiger partial charge in [-0.3, -0.25) is 0 Å². The molecule has 0 bridgehead atoms. The van der Waals surface area contributed by atoms with Crippen LogP contribution in [0.4, 0.5) is 0 Å². The minimum atomic E-state index is -1.06. The molecule has 4 aromatic rings. The summed E-state index contributed by atoms with van der Waals surface area (Å²) in [6.45, 7) is 4.65. The number of allylic oxidation sites excluding steroid dienone is 5. The first kappa shape index (κ1) is 23.8. The molecule has 158 valence electrons. The molecule has 0 amide bonds. The van der Waals surface area contributed by atoms with Gasteiger partial charge in [0.2, 0.25) is 0 Å². The Balaban J connectivity index is 0.00000122. The molecule has 0 saturated carbocycles. The van der Waals surface area contributed by atoms with Gasteiger partial charge >= 0.3 is 191 Å². The summed E-state index contributed by atoms with van der Waals surface area (Å²) in [7, 11) is -0.439. The summed E-state index contributed by atoms with van der Waals surface area (Å²) in [6, 6.07) is 27.5. The predicted octanol–water partition coefficient (Wildman–Crippen LogP) is 2.75. The first-order valence-electron chi connectivity index (χ1n) is 10.6. The minimum Gasteiger partial charge on any atom is -1.00 e. The van der Waals surface area contributed by atoms with Crippen LogP contribution in [0.5, 0.6) is 0 Å². The number of halogens is 2. The van der Waals surface area contributed by atoms with Gasteiger partial charge in [0.15, 0.2) is 0 Å². The predicted molar refractivity (Wildman–Crippen MR) is 129 cm³/mol. The van der Waals surface area contributed by atoms with Crippen LogP contribution in [0.2, 0.25) is 0 Å². The first-order chi connectivity index (χ1) is 14.7. The molecule has 2 aliphatic carbocycles. The Bertz CT molecular complexity index is 1370. The number of hydrogen-bond acceptors (Lipinski definition) is 0. The summed E-state index contributed by atoms with van der Waals surface area (Å²) in [5, 5.41) is 7.76. The minimum absolute atomic E-state index is 0. The Labute approximate surface area is 214 Å². The molecule has 1 atom stereocenters. The summed E-state index contributed by atoms with van der Waals surface area (Å²) in [5.41, 5.74) is 6.18. The third kappa shape index (κ3) is 3.72. The number of benzene rings is 3. The summed E-state index contributed by atoms with van der Waals surface area (Å²) in [5.74, 6) is 0. The quantitative estimate of drug-likeness (QED) is 0.303. The third-order valence-electron chi connectivity index (χ3n) is 6.72. The maximum absolute atomic E-state index is 2.57. The number of hydrogen-bond donors (Lipinski definition) is 0. The fourth-order valence-electron chi connectivity index (χ4n) is 4.99. The van der Waals surface area contributed by atoms with E-state index in [0.29, 0.717) is 3.67 Å².